The minimum Gasteiger partial charge on any atom is -0.433 e. The number of aromatic nitrogens is 9. The lowest BCUT2D eigenvalue weighted by atomic mass is 9.85. The number of aryl methyl sites for hydroxylation is 2. The zero-order valence-corrected chi connectivity index (χ0v) is 40.6. The fourth-order valence-corrected chi connectivity index (χ4v) is 9.68. The fraction of sp³-hybridized carbons (Fsp3) is 0.268. The van der Waals surface area contributed by atoms with Gasteiger partial charge in [-0.2, -0.15) is 4.39 Å². The quantitative estimate of drug-likeness (QED) is 0.0584. The first-order valence-corrected chi connectivity index (χ1v) is 24.9. The Morgan fingerprint density at radius 3 is 2.00 bits per heavy atom. The van der Waals surface area contributed by atoms with E-state index in [0.29, 0.717) is 93.0 Å². The van der Waals surface area contributed by atoms with E-state index in [1.165, 1.54) is 42.8 Å². The first-order valence-electron chi connectivity index (χ1n) is 24.9. The number of hydrogen-bond donors (Lipinski definition) is 2. The van der Waals surface area contributed by atoms with Crippen molar-refractivity contribution in [3.63, 3.8) is 0 Å². The fourth-order valence-electron chi connectivity index (χ4n) is 9.68. The second kappa shape index (κ2) is 20.4. The maximum Gasteiger partial charge on any atom is 0.246 e. The van der Waals surface area contributed by atoms with Gasteiger partial charge in [0.25, 0.3) is 0 Å². The molecule has 0 radical (unpaired) electrons. The van der Waals surface area contributed by atoms with Gasteiger partial charge in [-0.3, -0.25) is 0 Å². The van der Waals surface area contributed by atoms with E-state index in [4.69, 9.17) is 18.6 Å². The summed E-state index contributed by atoms with van der Waals surface area (Å²) >= 11 is 0. The van der Waals surface area contributed by atoms with Crippen LogP contribution in [0, 0.1) is 35.0 Å². The van der Waals surface area contributed by atoms with Crippen molar-refractivity contribution in [2.75, 3.05) is 26.8 Å². The third-order valence-corrected chi connectivity index (χ3v) is 14.0. The van der Waals surface area contributed by atoms with E-state index in [0.717, 1.165) is 37.9 Å². The second-order valence-electron chi connectivity index (χ2n) is 19.2. The van der Waals surface area contributed by atoms with Gasteiger partial charge < -0.3 is 33.3 Å². The van der Waals surface area contributed by atoms with Crippen molar-refractivity contribution in [2.45, 2.75) is 64.2 Å². The standard InChI is InChI=1S/C56H48F5N11O3/c1-73-17-14-62-27-32-18-44(59)51-46(19-32)67-55(74-51)35-7-3-6-34(20-35)40-12-10-38(57)24-42(40)53-69-64-29-71(53)15-16-72-30-65-70-54(72)43-25-39(58)11-13-41(43)36-21-45(33-8-9-33)66-48(22-36)56-68-47-23-37(28-63-26-31-4-2-5-31)49(60)50(61)52(47)75-56/h3,6-7,10-13,18-25,29-31,33,62-63H,2,4-5,8-9,14-17,26-28H2,1H3. The van der Waals surface area contributed by atoms with E-state index < -0.39 is 29.1 Å². The molecule has 14 nitrogen and oxygen atoms in total. The molecule has 10 aromatic rings. The van der Waals surface area contributed by atoms with Gasteiger partial charge in [-0.05, 0) is 133 Å². The van der Waals surface area contributed by atoms with Gasteiger partial charge in [-0.15, -0.1) is 20.4 Å². The lowest BCUT2D eigenvalue weighted by molar-refractivity contribution is 0.199. The molecule has 0 atom stereocenters. The Morgan fingerprint density at radius 1 is 0.627 bits per heavy atom. The highest BCUT2D eigenvalue weighted by atomic mass is 19.2. The van der Waals surface area contributed by atoms with Crippen molar-refractivity contribution in [2.24, 2.45) is 5.92 Å². The molecule has 0 unspecified atom stereocenters. The Labute approximate surface area is 426 Å². The molecule has 12 rings (SSSR count). The van der Waals surface area contributed by atoms with Crippen LogP contribution in [0.5, 0.6) is 0 Å². The summed E-state index contributed by atoms with van der Waals surface area (Å²) in [5, 5.41) is 23.8. The molecule has 2 aliphatic carbocycles. The van der Waals surface area contributed by atoms with Crippen LogP contribution in [-0.2, 0) is 30.9 Å². The summed E-state index contributed by atoms with van der Waals surface area (Å²) in [5.74, 6) is -1.92. The number of rotatable bonds is 19. The Morgan fingerprint density at radius 2 is 1.31 bits per heavy atom. The molecule has 2 saturated carbocycles. The third kappa shape index (κ3) is 9.81. The molecule has 5 aromatic carbocycles. The number of oxazole rings is 2. The van der Waals surface area contributed by atoms with Gasteiger partial charge in [0.15, 0.2) is 34.4 Å². The van der Waals surface area contributed by atoms with Crippen LogP contribution >= 0.6 is 0 Å². The number of halogens is 5. The van der Waals surface area contributed by atoms with Gasteiger partial charge in [-0.25, -0.2) is 32.5 Å². The van der Waals surface area contributed by atoms with Gasteiger partial charge in [0.2, 0.25) is 17.6 Å². The first-order chi connectivity index (χ1) is 36.6. The summed E-state index contributed by atoms with van der Waals surface area (Å²) in [6.45, 7) is 2.98. The molecule has 0 saturated heterocycles. The third-order valence-electron chi connectivity index (χ3n) is 14.0. The lowest BCUT2D eigenvalue weighted by Gasteiger charge is -2.25. The van der Waals surface area contributed by atoms with E-state index in [1.54, 1.807) is 59.2 Å². The summed E-state index contributed by atoms with van der Waals surface area (Å²) in [5.41, 5.74) is 6.31. The van der Waals surface area contributed by atoms with Gasteiger partial charge in [0.1, 0.15) is 41.0 Å². The molecular formula is C56H48F5N11O3. The highest BCUT2D eigenvalue weighted by Crippen LogP contribution is 2.43. The van der Waals surface area contributed by atoms with E-state index in [9.17, 15) is 0 Å². The average molecular weight is 1020 g/mol. The van der Waals surface area contributed by atoms with E-state index in [1.807, 2.05) is 24.3 Å². The number of fused-ring (bicyclic) bond motifs is 2. The summed E-state index contributed by atoms with van der Waals surface area (Å²) in [4.78, 5) is 14.1. The Balaban J connectivity index is 0.819. The predicted molar refractivity (Wildman–Crippen MR) is 270 cm³/mol. The van der Waals surface area contributed by atoms with Gasteiger partial charge >= 0.3 is 0 Å². The van der Waals surface area contributed by atoms with Crippen molar-refractivity contribution < 1.29 is 35.5 Å². The lowest BCUT2D eigenvalue weighted by Crippen LogP contribution is -2.27. The molecule has 5 heterocycles. The van der Waals surface area contributed by atoms with Gasteiger partial charge in [-0.1, -0.05) is 30.7 Å². The van der Waals surface area contributed by atoms with Crippen LogP contribution in [-0.4, -0.2) is 71.3 Å². The van der Waals surface area contributed by atoms with Gasteiger partial charge in [0, 0.05) is 73.7 Å². The maximum absolute atomic E-state index is 15.6. The highest BCUT2D eigenvalue weighted by Gasteiger charge is 2.29. The Hall–Kier alpha value is -8.00. The smallest absolute Gasteiger partial charge is 0.246 e. The van der Waals surface area contributed by atoms with Crippen LogP contribution in [0.4, 0.5) is 22.0 Å². The van der Waals surface area contributed by atoms with Crippen molar-refractivity contribution in [1.82, 2.24) is 55.1 Å². The van der Waals surface area contributed by atoms with Crippen molar-refractivity contribution in [3.8, 4) is 68.1 Å². The topological polar surface area (TPSA) is 160 Å². The van der Waals surface area contributed by atoms with Crippen molar-refractivity contribution in [1.29, 1.82) is 0 Å². The average Bonchev–Trinajstić information content (AvgIpc) is 3.73. The monoisotopic (exact) mass is 1020 g/mol. The molecule has 75 heavy (non-hydrogen) atoms. The van der Waals surface area contributed by atoms with E-state index in [2.05, 4.69) is 41.0 Å². The molecule has 380 valence electrons. The Bertz CT molecular complexity index is 3750. The number of nitrogens with zero attached hydrogens (tertiary/aromatic N) is 9. The van der Waals surface area contributed by atoms with Crippen LogP contribution in [0.1, 0.15) is 54.8 Å². The molecule has 2 N–H and O–H groups in total. The molecule has 2 fully saturated rings. The number of ether oxygens (including phenoxy) is 1. The minimum atomic E-state index is -1.11. The summed E-state index contributed by atoms with van der Waals surface area (Å²) in [6, 6.07) is 24.5. The number of nitrogens with one attached hydrogen (secondary N) is 2. The number of methoxy groups -OCH3 is 1. The number of pyridine rings is 1. The Kier molecular flexibility index (Phi) is 13.0. The molecule has 0 spiro atoms. The molecule has 0 amide bonds. The first kappa shape index (κ1) is 48.0. The predicted octanol–water partition coefficient (Wildman–Crippen LogP) is 11.4. The van der Waals surface area contributed by atoms with Gasteiger partial charge in [0.05, 0.1) is 6.61 Å². The SMILES string of the molecule is COCCNCc1cc(F)c2oc(-c3cccc(-c4ccc(F)cc4-c4nncn4CCn4cnnc4-c4cc(F)ccc4-c4cc(-c5nc6cc(CNCC7CCC7)c(F)c(F)c6o5)nc(C5CC5)c4)c3)nc2c1. The largest absolute Gasteiger partial charge is 0.433 e. The molecule has 5 aromatic heterocycles. The molecule has 2 aliphatic rings. The summed E-state index contributed by atoms with van der Waals surface area (Å²) in [6.07, 6.45) is 8.36. The molecule has 0 bridgehead atoms. The highest BCUT2D eigenvalue weighted by molar-refractivity contribution is 5.85. The molecule has 19 heteroatoms. The normalized spacial score (nSPS) is 13.9. The van der Waals surface area contributed by atoms with E-state index >= 15 is 22.0 Å². The molecule has 0 aliphatic heterocycles. The second-order valence-corrected chi connectivity index (χ2v) is 19.2. The zero-order valence-electron chi connectivity index (χ0n) is 40.6. The van der Waals surface area contributed by atoms with Crippen LogP contribution in [0.3, 0.4) is 0 Å². The van der Waals surface area contributed by atoms with Crippen LogP contribution in [0.25, 0.3) is 90.3 Å². The maximum atomic E-state index is 15.6. The van der Waals surface area contributed by atoms with Crippen LogP contribution in [0.15, 0.2) is 112 Å². The molecular weight excluding hydrogens is 970 g/mol. The van der Waals surface area contributed by atoms with Crippen molar-refractivity contribution >= 4 is 22.2 Å². The summed E-state index contributed by atoms with van der Waals surface area (Å²) in [7, 11) is 1.62. The summed E-state index contributed by atoms with van der Waals surface area (Å²) < 4.78 is 97.3. The van der Waals surface area contributed by atoms with E-state index in [-0.39, 0.29) is 59.6 Å². The van der Waals surface area contributed by atoms with Crippen LogP contribution < -0.4 is 10.6 Å². The zero-order chi connectivity index (χ0) is 51.2. The van der Waals surface area contributed by atoms with Crippen molar-refractivity contribution in [3.05, 3.63) is 150 Å². The van der Waals surface area contributed by atoms with Crippen LogP contribution in [0.2, 0.25) is 0 Å². The minimum absolute atomic E-state index is 0.0224. The number of hydrogen-bond acceptors (Lipinski definition) is 12. The number of benzene rings is 5.